The first-order valence-corrected chi connectivity index (χ1v) is 17.5. The van der Waals surface area contributed by atoms with Gasteiger partial charge in [0.1, 0.15) is 29.2 Å². The van der Waals surface area contributed by atoms with Gasteiger partial charge >= 0.3 is 0 Å². The molecule has 1 saturated heterocycles. The standard InChI is InChI=1S/C40H40O7S/c1-29-23-25-34(26-24-29)48(42,43)38-35(47-39(44-2)37(36(38)41)45-27-30-15-7-3-8-16-30)28-46-40(31-17-9-4-10-18-31,32-19-11-5-12-20-32)33-21-13-6-14-22-33/h3-26,35-39,41H,27-28H2,1-2H3/t35-,36-,37-,38+,39+/m1/s1. The maximum atomic E-state index is 14.5. The molecule has 8 heteroatoms. The van der Waals surface area contributed by atoms with Crippen molar-refractivity contribution in [2.75, 3.05) is 13.7 Å². The minimum atomic E-state index is -4.18. The lowest BCUT2D eigenvalue weighted by Crippen LogP contribution is -2.62. The molecule has 0 aliphatic carbocycles. The van der Waals surface area contributed by atoms with Gasteiger partial charge in [-0.15, -0.1) is 0 Å². The Morgan fingerprint density at radius 3 is 1.67 bits per heavy atom. The molecule has 0 amide bonds. The normalized spacial score (nSPS) is 21.5. The Morgan fingerprint density at radius 2 is 1.19 bits per heavy atom. The second kappa shape index (κ2) is 15.0. The van der Waals surface area contributed by atoms with Gasteiger partial charge in [-0.25, -0.2) is 8.42 Å². The predicted molar refractivity (Wildman–Crippen MR) is 184 cm³/mol. The van der Waals surface area contributed by atoms with Gasteiger partial charge in [0.15, 0.2) is 16.1 Å². The molecule has 0 saturated carbocycles. The van der Waals surface area contributed by atoms with E-state index in [1.807, 2.05) is 128 Å². The average Bonchev–Trinajstić information content (AvgIpc) is 3.13. The molecule has 5 aromatic rings. The van der Waals surface area contributed by atoms with Gasteiger partial charge in [-0.05, 0) is 41.3 Å². The number of aryl methyl sites for hydroxylation is 1. The first-order valence-electron chi connectivity index (χ1n) is 16.0. The van der Waals surface area contributed by atoms with Crippen molar-refractivity contribution in [3.8, 4) is 0 Å². The molecule has 1 aliphatic heterocycles. The lowest BCUT2D eigenvalue weighted by Gasteiger charge is -2.45. The Kier molecular flexibility index (Phi) is 10.5. The molecule has 0 spiro atoms. The predicted octanol–water partition coefficient (Wildman–Crippen LogP) is 6.46. The molecule has 6 rings (SSSR count). The van der Waals surface area contributed by atoms with Crippen molar-refractivity contribution in [1.29, 1.82) is 0 Å². The van der Waals surface area contributed by atoms with Crippen molar-refractivity contribution in [3.63, 3.8) is 0 Å². The van der Waals surface area contributed by atoms with Crippen LogP contribution in [0.1, 0.15) is 27.8 Å². The maximum Gasteiger partial charge on any atom is 0.186 e. The van der Waals surface area contributed by atoms with E-state index < -0.39 is 45.3 Å². The molecule has 1 aliphatic rings. The Labute approximate surface area is 282 Å². The number of rotatable bonds is 12. The van der Waals surface area contributed by atoms with Gasteiger partial charge in [-0.1, -0.05) is 139 Å². The molecule has 7 nitrogen and oxygen atoms in total. The van der Waals surface area contributed by atoms with Crippen molar-refractivity contribution in [2.24, 2.45) is 0 Å². The quantitative estimate of drug-likeness (QED) is 0.153. The molecule has 5 aromatic carbocycles. The summed E-state index contributed by atoms with van der Waals surface area (Å²) >= 11 is 0. The van der Waals surface area contributed by atoms with E-state index in [0.29, 0.717) is 0 Å². The van der Waals surface area contributed by atoms with Crippen molar-refractivity contribution in [3.05, 3.63) is 173 Å². The topological polar surface area (TPSA) is 91.3 Å². The molecular formula is C40H40O7S. The van der Waals surface area contributed by atoms with E-state index in [2.05, 4.69) is 0 Å². The molecular weight excluding hydrogens is 625 g/mol. The minimum absolute atomic E-state index is 0.0730. The second-order valence-corrected chi connectivity index (χ2v) is 14.0. The SMILES string of the molecule is CO[C@H]1O[C@H](COC(c2ccccc2)(c2ccccc2)c2ccccc2)[C@H](S(=O)(=O)c2ccc(C)cc2)[C@H](O)[C@H]1OCc1ccccc1. The van der Waals surface area contributed by atoms with Gasteiger partial charge < -0.3 is 24.1 Å². The van der Waals surface area contributed by atoms with E-state index in [1.165, 1.54) is 7.11 Å². The third-order valence-electron chi connectivity index (χ3n) is 8.85. The fourth-order valence-electron chi connectivity index (χ4n) is 6.41. The summed E-state index contributed by atoms with van der Waals surface area (Å²) < 4.78 is 54.3. The highest BCUT2D eigenvalue weighted by molar-refractivity contribution is 7.92. The molecule has 1 heterocycles. The summed E-state index contributed by atoms with van der Waals surface area (Å²) in [4.78, 5) is 0.0730. The summed E-state index contributed by atoms with van der Waals surface area (Å²) in [7, 11) is -2.73. The van der Waals surface area contributed by atoms with Crippen molar-refractivity contribution in [2.45, 2.75) is 53.9 Å². The molecule has 0 radical (unpaired) electrons. The minimum Gasteiger partial charge on any atom is -0.389 e. The number of sulfone groups is 1. The van der Waals surface area contributed by atoms with Crippen LogP contribution in [0.5, 0.6) is 0 Å². The Morgan fingerprint density at radius 1 is 0.708 bits per heavy atom. The number of benzene rings is 5. The van der Waals surface area contributed by atoms with Crippen LogP contribution in [0, 0.1) is 6.92 Å². The molecule has 5 atom stereocenters. The molecule has 0 unspecified atom stereocenters. The maximum absolute atomic E-state index is 14.5. The highest BCUT2D eigenvalue weighted by Gasteiger charge is 2.53. The largest absolute Gasteiger partial charge is 0.389 e. The van der Waals surface area contributed by atoms with E-state index >= 15 is 0 Å². The summed E-state index contributed by atoms with van der Waals surface area (Å²) in [5.74, 6) is 0. The van der Waals surface area contributed by atoms with E-state index in [4.69, 9.17) is 18.9 Å². The Bertz CT molecular complexity index is 1740. The zero-order chi connectivity index (χ0) is 33.6. The van der Waals surface area contributed by atoms with Crippen LogP contribution in [-0.4, -0.2) is 57.1 Å². The van der Waals surface area contributed by atoms with Crippen LogP contribution in [0.25, 0.3) is 0 Å². The molecule has 1 fully saturated rings. The third kappa shape index (κ3) is 6.87. The number of hydrogen-bond acceptors (Lipinski definition) is 7. The van der Waals surface area contributed by atoms with Crippen LogP contribution in [0.2, 0.25) is 0 Å². The lowest BCUT2D eigenvalue weighted by molar-refractivity contribution is -0.278. The summed E-state index contributed by atoms with van der Waals surface area (Å²) in [6.07, 6.45) is -4.81. The molecule has 248 valence electrons. The van der Waals surface area contributed by atoms with Crippen molar-refractivity contribution in [1.82, 2.24) is 0 Å². The zero-order valence-corrected chi connectivity index (χ0v) is 27.8. The molecule has 0 bridgehead atoms. The van der Waals surface area contributed by atoms with Gasteiger partial charge in [0.25, 0.3) is 0 Å². The van der Waals surface area contributed by atoms with E-state index in [1.54, 1.807) is 24.3 Å². The second-order valence-electron chi connectivity index (χ2n) is 11.9. The van der Waals surface area contributed by atoms with E-state index in [0.717, 1.165) is 27.8 Å². The summed E-state index contributed by atoms with van der Waals surface area (Å²) in [5, 5.41) is 10.6. The summed E-state index contributed by atoms with van der Waals surface area (Å²) in [6.45, 7) is 1.82. The first kappa shape index (κ1) is 33.7. The highest BCUT2D eigenvalue weighted by atomic mass is 32.2. The van der Waals surface area contributed by atoms with Crippen LogP contribution >= 0.6 is 0 Å². The van der Waals surface area contributed by atoms with Gasteiger partial charge in [0.2, 0.25) is 0 Å². The average molecular weight is 665 g/mol. The third-order valence-corrected chi connectivity index (χ3v) is 11.1. The van der Waals surface area contributed by atoms with E-state index in [-0.39, 0.29) is 18.1 Å². The van der Waals surface area contributed by atoms with Crippen LogP contribution in [0.3, 0.4) is 0 Å². The smallest absolute Gasteiger partial charge is 0.186 e. The summed E-state index contributed by atoms with van der Waals surface area (Å²) in [6, 6.07) is 45.5. The van der Waals surface area contributed by atoms with Crippen LogP contribution in [0.15, 0.2) is 150 Å². The van der Waals surface area contributed by atoms with E-state index in [9.17, 15) is 13.5 Å². The van der Waals surface area contributed by atoms with Crippen LogP contribution < -0.4 is 0 Å². The number of aliphatic hydroxyl groups is 1. The lowest BCUT2D eigenvalue weighted by atomic mass is 9.80. The molecule has 0 aromatic heterocycles. The first-order chi connectivity index (χ1) is 23.3. The van der Waals surface area contributed by atoms with Gasteiger partial charge in [-0.3, -0.25) is 0 Å². The van der Waals surface area contributed by atoms with Gasteiger partial charge in [0.05, 0.1) is 18.1 Å². The zero-order valence-electron chi connectivity index (χ0n) is 27.0. The fraction of sp³-hybridized carbons (Fsp3) is 0.250. The fourth-order valence-corrected chi connectivity index (χ4v) is 8.30. The van der Waals surface area contributed by atoms with Crippen molar-refractivity contribution < 1.29 is 32.5 Å². The number of hydrogen-bond donors (Lipinski definition) is 1. The Balaban J connectivity index is 1.42. The van der Waals surface area contributed by atoms with Crippen LogP contribution in [0.4, 0.5) is 0 Å². The monoisotopic (exact) mass is 664 g/mol. The van der Waals surface area contributed by atoms with Gasteiger partial charge in [-0.2, -0.15) is 0 Å². The van der Waals surface area contributed by atoms with Gasteiger partial charge in [0, 0.05) is 7.11 Å². The number of ether oxygens (including phenoxy) is 4. The molecule has 48 heavy (non-hydrogen) atoms. The molecule has 1 N–H and O–H groups in total. The summed E-state index contributed by atoms with van der Waals surface area (Å²) in [5.41, 5.74) is 3.19. The number of methoxy groups -OCH3 is 1. The Hall–Kier alpha value is -4.15. The highest BCUT2D eigenvalue weighted by Crippen LogP contribution is 2.42. The number of aliphatic hydroxyl groups excluding tert-OH is 1. The van der Waals surface area contributed by atoms with Crippen molar-refractivity contribution >= 4 is 9.84 Å². The van der Waals surface area contributed by atoms with Crippen LogP contribution in [-0.2, 0) is 41.0 Å².